The number of nitrogens with one attached hydrogen (secondary N) is 1. The van der Waals surface area contributed by atoms with Crippen LogP contribution < -0.4 is 14.8 Å². The van der Waals surface area contributed by atoms with Crippen LogP contribution in [0, 0.1) is 5.92 Å². The highest BCUT2D eigenvalue weighted by atomic mass is 16.5. The predicted octanol–water partition coefficient (Wildman–Crippen LogP) is 3.80. The summed E-state index contributed by atoms with van der Waals surface area (Å²) < 4.78 is 12.7. The van der Waals surface area contributed by atoms with E-state index in [1.807, 2.05) is 42.7 Å². The van der Waals surface area contributed by atoms with Crippen molar-refractivity contribution in [3.8, 4) is 11.5 Å². The minimum absolute atomic E-state index is 0.0566. The summed E-state index contributed by atoms with van der Waals surface area (Å²) in [6.07, 6.45) is 5.35. The van der Waals surface area contributed by atoms with Gasteiger partial charge in [0.25, 0.3) is 0 Å². The molecular formula is C20H28N2O3. The van der Waals surface area contributed by atoms with Gasteiger partial charge in [-0.25, -0.2) is 0 Å². The molecule has 0 bridgehead atoms. The van der Waals surface area contributed by atoms with E-state index in [9.17, 15) is 4.79 Å². The van der Waals surface area contributed by atoms with E-state index in [-0.39, 0.29) is 17.9 Å². The summed E-state index contributed by atoms with van der Waals surface area (Å²) in [5.41, 5.74) is 1.02. The molecule has 0 spiro atoms. The Morgan fingerprint density at radius 2 is 1.80 bits per heavy atom. The lowest BCUT2D eigenvalue weighted by Crippen LogP contribution is -2.31. The minimum Gasteiger partial charge on any atom is -0.493 e. The Labute approximate surface area is 149 Å². The van der Waals surface area contributed by atoms with E-state index in [0.29, 0.717) is 17.9 Å². The van der Waals surface area contributed by atoms with Crippen molar-refractivity contribution in [2.75, 3.05) is 14.2 Å². The highest BCUT2D eigenvalue weighted by Crippen LogP contribution is 2.32. The number of nitrogens with zero attached hydrogens (tertiary/aromatic N) is 1. The molecule has 25 heavy (non-hydrogen) atoms. The number of amides is 1. The predicted molar refractivity (Wildman–Crippen MR) is 98.9 cm³/mol. The normalized spacial score (nSPS) is 12.0. The van der Waals surface area contributed by atoms with Gasteiger partial charge in [-0.05, 0) is 42.2 Å². The summed E-state index contributed by atoms with van der Waals surface area (Å²) in [7, 11) is 3.23. The average Bonchev–Trinajstić information content (AvgIpc) is 3.12. The van der Waals surface area contributed by atoms with Crippen LogP contribution in [-0.2, 0) is 11.3 Å². The molecule has 5 nitrogen and oxygen atoms in total. The Morgan fingerprint density at radius 1 is 1.12 bits per heavy atom. The molecule has 1 aromatic heterocycles. The van der Waals surface area contributed by atoms with Crippen LogP contribution in [0.4, 0.5) is 0 Å². The maximum atomic E-state index is 12.4. The van der Waals surface area contributed by atoms with Gasteiger partial charge in [-0.15, -0.1) is 0 Å². The summed E-state index contributed by atoms with van der Waals surface area (Å²) in [5, 5.41) is 3.16. The average molecular weight is 344 g/mol. The van der Waals surface area contributed by atoms with Gasteiger partial charge in [0.15, 0.2) is 11.5 Å². The van der Waals surface area contributed by atoms with Crippen LogP contribution in [0.5, 0.6) is 11.5 Å². The lowest BCUT2D eigenvalue weighted by Gasteiger charge is -2.24. The number of hydrogen-bond donors (Lipinski definition) is 1. The van der Waals surface area contributed by atoms with Crippen LogP contribution in [0.1, 0.15) is 38.3 Å². The Bertz CT molecular complexity index is 666. The Morgan fingerprint density at radius 3 is 2.40 bits per heavy atom. The number of ether oxygens (including phenoxy) is 2. The molecule has 0 saturated heterocycles. The fraction of sp³-hybridized carbons (Fsp3) is 0.450. The molecule has 2 rings (SSSR count). The lowest BCUT2D eigenvalue weighted by molar-refractivity contribution is -0.122. The van der Waals surface area contributed by atoms with E-state index >= 15 is 0 Å². The maximum absolute atomic E-state index is 12.4. The molecule has 5 heteroatoms. The molecular weight excluding hydrogens is 316 g/mol. The van der Waals surface area contributed by atoms with Crippen molar-refractivity contribution in [2.45, 2.75) is 39.3 Å². The summed E-state index contributed by atoms with van der Waals surface area (Å²) >= 11 is 0. The van der Waals surface area contributed by atoms with Gasteiger partial charge >= 0.3 is 0 Å². The molecule has 0 radical (unpaired) electrons. The first-order chi connectivity index (χ1) is 12.0. The number of aromatic nitrogens is 1. The number of carbonyl (C=O) groups is 1. The molecule has 0 aliphatic carbocycles. The van der Waals surface area contributed by atoms with E-state index in [2.05, 4.69) is 23.7 Å². The van der Waals surface area contributed by atoms with Crippen molar-refractivity contribution in [1.82, 2.24) is 9.88 Å². The molecule has 1 atom stereocenters. The van der Waals surface area contributed by atoms with Gasteiger partial charge in [0.2, 0.25) is 5.91 Å². The molecule has 1 N–H and O–H groups in total. The monoisotopic (exact) mass is 344 g/mol. The summed E-state index contributed by atoms with van der Waals surface area (Å²) in [6.45, 7) is 5.05. The number of methoxy groups -OCH3 is 2. The van der Waals surface area contributed by atoms with Gasteiger partial charge in [-0.1, -0.05) is 19.9 Å². The molecule has 1 amide bonds. The first kappa shape index (κ1) is 18.9. The summed E-state index contributed by atoms with van der Waals surface area (Å²) in [6, 6.07) is 9.72. The lowest BCUT2D eigenvalue weighted by atomic mass is 9.95. The van der Waals surface area contributed by atoms with Crippen molar-refractivity contribution in [2.24, 2.45) is 5.92 Å². The van der Waals surface area contributed by atoms with Gasteiger partial charge in [-0.3, -0.25) is 4.79 Å². The Hall–Kier alpha value is -2.43. The molecule has 1 unspecified atom stereocenters. The molecule has 136 valence electrons. The smallest absolute Gasteiger partial charge is 0.220 e. The molecule has 0 aliphatic rings. The maximum Gasteiger partial charge on any atom is 0.220 e. The second-order valence-corrected chi connectivity index (χ2v) is 6.43. The first-order valence-electron chi connectivity index (χ1n) is 8.67. The van der Waals surface area contributed by atoms with E-state index in [4.69, 9.17) is 9.47 Å². The van der Waals surface area contributed by atoms with Crippen LogP contribution in [0.25, 0.3) is 0 Å². The van der Waals surface area contributed by atoms with Crippen LogP contribution >= 0.6 is 0 Å². The Kier molecular flexibility index (Phi) is 6.92. The van der Waals surface area contributed by atoms with Crippen molar-refractivity contribution >= 4 is 5.91 Å². The number of benzene rings is 1. The third-order valence-corrected chi connectivity index (χ3v) is 4.24. The van der Waals surface area contributed by atoms with Gasteiger partial charge in [0.1, 0.15) is 0 Å². The van der Waals surface area contributed by atoms with Crippen molar-refractivity contribution in [3.63, 3.8) is 0 Å². The Balaban J connectivity index is 1.99. The largest absolute Gasteiger partial charge is 0.493 e. The van der Waals surface area contributed by atoms with E-state index in [1.165, 1.54) is 0 Å². The van der Waals surface area contributed by atoms with Crippen LogP contribution in [0.15, 0.2) is 42.7 Å². The molecule has 2 aromatic rings. The van der Waals surface area contributed by atoms with Gasteiger partial charge < -0.3 is 19.4 Å². The number of carbonyl (C=O) groups excluding carboxylic acids is 1. The standard InChI is InChI=1S/C20H28N2O3/c1-15(2)20(16-9-10-17(24-3)18(14-16)25-4)21-19(23)8-7-13-22-11-5-6-12-22/h5-6,9-12,14-15,20H,7-8,13H2,1-4H3,(H,21,23). The number of rotatable bonds is 9. The molecule has 0 fully saturated rings. The molecule has 1 heterocycles. The van der Waals surface area contributed by atoms with Gasteiger partial charge in [0.05, 0.1) is 20.3 Å². The van der Waals surface area contributed by atoms with E-state index in [1.54, 1.807) is 14.2 Å². The minimum atomic E-state index is -0.0566. The zero-order chi connectivity index (χ0) is 18.2. The third-order valence-electron chi connectivity index (χ3n) is 4.24. The van der Waals surface area contributed by atoms with Gasteiger partial charge in [-0.2, -0.15) is 0 Å². The SMILES string of the molecule is COc1ccc(C(NC(=O)CCCn2cccc2)C(C)C)cc1OC. The highest BCUT2D eigenvalue weighted by Gasteiger charge is 2.20. The second kappa shape index (κ2) is 9.16. The quantitative estimate of drug-likeness (QED) is 0.753. The van der Waals surface area contributed by atoms with E-state index in [0.717, 1.165) is 18.5 Å². The van der Waals surface area contributed by atoms with Crippen LogP contribution in [0.2, 0.25) is 0 Å². The fourth-order valence-electron chi connectivity index (χ4n) is 2.87. The van der Waals surface area contributed by atoms with Gasteiger partial charge in [0, 0.05) is 25.4 Å². The van der Waals surface area contributed by atoms with Crippen LogP contribution in [0.3, 0.4) is 0 Å². The van der Waals surface area contributed by atoms with Crippen molar-refractivity contribution in [3.05, 3.63) is 48.3 Å². The topological polar surface area (TPSA) is 52.5 Å². The van der Waals surface area contributed by atoms with Crippen molar-refractivity contribution in [1.29, 1.82) is 0 Å². The summed E-state index contributed by atoms with van der Waals surface area (Å²) in [5.74, 6) is 1.70. The zero-order valence-electron chi connectivity index (χ0n) is 15.5. The zero-order valence-corrected chi connectivity index (χ0v) is 15.5. The third kappa shape index (κ3) is 5.28. The second-order valence-electron chi connectivity index (χ2n) is 6.43. The molecule has 1 aromatic carbocycles. The van der Waals surface area contributed by atoms with Crippen LogP contribution in [-0.4, -0.2) is 24.7 Å². The fourth-order valence-corrected chi connectivity index (χ4v) is 2.87. The number of hydrogen-bond acceptors (Lipinski definition) is 3. The highest BCUT2D eigenvalue weighted by molar-refractivity contribution is 5.76. The molecule has 0 saturated carbocycles. The van der Waals surface area contributed by atoms with E-state index < -0.39 is 0 Å². The first-order valence-corrected chi connectivity index (χ1v) is 8.67. The van der Waals surface area contributed by atoms with Crippen molar-refractivity contribution < 1.29 is 14.3 Å². The number of aryl methyl sites for hydroxylation is 1. The molecule has 0 aliphatic heterocycles. The summed E-state index contributed by atoms with van der Waals surface area (Å²) in [4.78, 5) is 12.4.